The smallest absolute Gasteiger partial charge is 0.104 e. The molecular weight excluding hydrogens is 389 g/mol. The van der Waals surface area contributed by atoms with E-state index in [0.717, 1.165) is 34.8 Å². The van der Waals surface area contributed by atoms with Crippen LogP contribution in [0.5, 0.6) is 0 Å². The predicted molar refractivity (Wildman–Crippen MR) is 125 cm³/mol. The Balaban J connectivity index is 1.35. The van der Waals surface area contributed by atoms with Crippen molar-refractivity contribution < 1.29 is 10.00 Å². The first-order chi connectivity index (χ1) is 14.7. The molecule has 2 aliphatic rings. The summed E-state index contributed by atoms with van der Waals surface area (Å²) in [6.45, 7) is 2.33. The molecule has 3 aromatic rings. The van der Waals surface area contributed by atoms with E-state index in [1.807, 2.05) is 54.6 Å². The molecular formula is C26H28NO2P. The van der Waals surface area contributed by atoms with Gasteiger partial charge in [-0.25, -0.2) is 0 Å². The highest BCUT2D eigenvalue weighted by Gasteiger charge is 2.25. The second kappa shape index (κ2) is 8.51. The molecule has 4 heteroatoms. The Morgan fingerprint density at radius 1 is 0.833 bits per heavy atom. The van der Waals surface area contributed by atoms with Crippen molar-refractivity contribution in [3.05, 3.63) is 94.5 Å². The summed E-state index contributed by atoms with van der Waals surface area (Å²) in [6, 6.07) is 22.4. The van der Waals surface area contributed by atoms with E-state index in [2.05, 4.69) is 17.0 Å². The van der Waals surface area contributed by atoms with Gasteiger partial charge in [-0.2, -0.15) is 0 Å². The number of hydrogen-bond donors (Lipinski definition) is 2. The van der Waals surface area contributed by atoms with Crippen LogP contribution in [-0.4, -0.2) is 23.1 Å². The number of aliphatic hydroxyl groups excluding tert-OH is 1. The fourth-order valence-electron chi connectivity index (χ4n) is 4.85. The number of anilines is 1. The summed E-state index contributed by atoms with van der Waals surface area (Å²) in [5, 5.41) is 12.1. The van der Waals surface area contributed by atoms with Crippen molar-refractivity contribution in [2.24, 2.45) is 0 Å². The molecule has 2 aliphatic heterocycles. The Labute approximate surface area is 179 Å². The monoisotopic (exact) mass is 417 g/mol. The SMILES string of the molecule is OC(c1ccc(CP(O)c2ccccc2)cc1)c1cc2c3c(c1)CCCN3CCC2. The van der Waals surface area contributed by atoms with Crippen LogP contribution in [0.4, 0.5) is 5.69 Å². The van der Waals surface area contributed by atoms with E-state index >= 15 is 0 Å². The maximum absolute atomic E-state index is 11.1. The first kappa shape index (κ1) is 19.8. The van der Waals surface area contributed by atoms with Crippen LogP contribution < -0.4 is 10.2 Å². The van der Waals surface area contributed by atoms with Crippen molar-refractivity contribution in [2.75, 3.05) is 18.0 Å². The highest BCUT2D eigenvalue weighted by Crippen LogP contribution is 2.39. The van der Waals surface area contributed by atoms with Gasteiger partial charge >= 0.3 is 0 Å². The van der Waals surface area contributed by atoms with E-state index in [1.165, 1.54) is 42.7 Å². The molecule has 3 aromatic carbocycles. The van der Waals surface area contributed by atoms with Gasteiger partial charge < -0.3 is 14.9 Å². The van der Waals surface area contributed by atoms with Gasteiger partial charge in [0.1, 0.15) is 6.10 Å². The van der Waals surface area contributed by atoms with Crippen LogP contribution in [-0.2, 0) is 19.0 Å². The topological polar surface area (TPSA) is 43.7 Å². The Kier molecular flexibility index (Phi) is 5.60. The lowest BCUT2D eigenvalue weighted by molar-refractivity contribution is 0.220. The number of aliphatic hydroxyl groups is 1. The number of hydrogen-bond acceptors (Lipinski definition) is 3. The maximum atomic E-state index is 11.1. The first-order valence-electron chi connectivity index (χ1n) is 10.9. The van der Waals surface area contributed by atoms with E-state index in [9.17, 15) is 10.00 Å². The molecule has 0 radical (unpaired) electrons. The van der Waals surface area contributed by atoms with Crippen LogP contribution in [0.25, 0.3) is 0 Å². The summed E-state index contributed by atoms with van der Waals surface area (Å²) in [5.74, 6) is 0. The number of nitrogens with zero attached hydrogens (tertiary/aromatic N) is 1. The largest absolute Gasteiger partial charge is 0.384 e. The van der Waals surface area contributed by atoms with Crippen LogP contribution in [0.3, 0.4) is 0 Å². The van der Waals surface area contributed by atoms with E-state index in [-0.39, 0.29) is 0 Å². The minimum absolute atomic E-state index is 0.609. The van der Waals surface area contributed by atoms with Crippen molar-refractivity contribution in [2.45, 2.75) is 37.9 Å². The highest BCUT2D eigenvalue weighted by molar-refractivity contribution is 7.59. The van der Waals surface area contributed by atoms with Crippen LogP contribution in [0.2, 0.25) is 0 Å². The molecule has 0 fully saturated rings. The minimum atomic E-state index is -1.20. The Morgan fingerprint density at radius 3 is 2.10 bits per heavy atom. The van der Waals surface area contributed by atoms with Gasteiger partial charge in [-0.3, -0.25) is 0 Å². The van der Waals surface area contributed by atoms with Crippen molar-refractivity contribution >= 4 is 19.1 Å². The van der Waals surface area contributed by atoms with Crippen molar-refractivity contribution in [1.29, 1.82) is 0 Å². The molecule has 2 unspecified atom stereocenters. The van der Waals surface area contributed by atoms with Crippen molar-refractivity contribution in [3.8, 4) is 0 Å². The third kappa shape index (κ3) is 3.90. The molecule has 0 amide bonds. The molecule has 30 heavy (non-hydrogen) atoms. The summed E-state index contributed by atoms with van der Waals surface area (Å²) in [4.78, 5) is 13.1. The zero-order valence-corrected chi connectivity index (χ0v) is 18.1. The second-order valence-corrected chi connectivity index (χ2v) is 10.1. The molecule has 3 nitrogen and oxygen atoms in total. The highest BCUT2D eigenvalue weighted by atomic mass is 31.1. The standard InChI is InChI=1S/C26H28NO2P/c28-26(23-16-21-6-4-14-27-15-5-7-22(17-23)25(21)27)20-12-10-19(11-13-20)18-30(29)24-8-2-1-3-9-24/h1-3,8-13,16-17,26,28-29H,4-7,14-15,18H2. The molecule has 2 heterocycles. The lowest BCUT2D eigenvalue weighted by atomic mass is 9.88. The van der Waals surface area contributed by atoms with E-state index in [1.54, 1.807) is 0 Å². The van der Waals surface area contributed by atoms with Gasteiger partial charge in [-0.15, -0.1) is 0 Å². The van der Waals surface area contributed by atoms with Crippen molar-refractivity contribution in [1.82, 2.24) is 0 Å². The molecule has 5 rings (SSSR count). The van der Waals surface area contributed by atoms with Gasteiger partial charge in [0.25, 0.3) is 0 Å². The maximum Gasteiger partial charge on any atom is 0.104 e. The zero-order valence-electron chi connectivity index (χ0n) is 17.2. The Bertz CT molecular complexity index is 988. The van der Waals surface area contributed by atoms with E-state index in [0.29, 0.717) is 6.16 Å². The quantitative estimate of drug-likeness (QED) is 0.593. The molecule has 0 saturated heterocycles. The Hall–Kier alpha value is -2.19. The van der Waals surface area contributed by atoms with E-state index < -0.39 is 14.3 Å². The number of benzene rings is 3. The predicted octanol–water partition coefficient (Wildman–Crippen LogP) is 4.68. The molecule has 0 aromatic heterocycles. The van der Waals surface area contributed by atoms with Crippen LogP contribution >= 0.6 is 8.15 Å². The molecule has 0 aliphatic carbocycles. The zero-order chi connectivity index (χ0) is 20.5. The normalized spacial score (nSPS) is 17.3. The minimum Gasteiger partial charge on any atom is -0.384 e. The number of aryl methyl sites for hydroxylation is 2. The van der Waals surface area contributed by atoms with E-state index in [4.69, 9.17) is 0 Å². The fourth-order valence-corrected chi connectivity index (χ4v) is 6.11. The average molecular weight is 417 g/mol. The van der Waals surface area contributed by atoms with Gasteiger partial charge in [-0.05, 0) is 53.5 Å². The molecule has 2 N–H and O–H groups in total. The Morgan fingerprint density at radius 2 is 1.47 bits per heavy atom. The third-order valence-corrected chi connectivity index (χ3v) is 7.91. The van der Waals surface area contributed by atoms with Gasteiger partial charge in [-0.1, -0.05) is 66.7 Å². The van der Waals surface area contributed by atoms with Crippen LogP contribution in [0, 0.1) is 0 Å². The van der Waals surface area contributed by atoms with Crippen LogP contribution in [0.1, 0.15) is 46.8 Å². The summed E-state index contributed by atoms with van der Waals surface area (Å²) in [6.07, 6.45) is 4.64. The van der Waals surface area contributed by atoms with Gasteiger partial charge in [0.2, 0.25) is 0 Å². The molecule has 154 valence electrons. The molecule has 0 spiro atoms. The summed E-state index contributed by atoms with van der Waals surface area (Å²) < 4.78 is 0. The summed E-state index contributed by atoms with van der Waals surface area (Å²) in [7, 11) is -1.20. The van der Waals surface area contributed by atoms with Crippen LogP contribution in [0.15, 0.2) is 66.7 Å². The average Bonchev–Trinajstić information content (AvgIpc) is 2.80. The summed E-state index contributed by atoms with van der Waals surface area (Å²) >= 11 is 0. The molecule has 2 atom stereocenters. The van der Waals surface area contributed by atoms with Crippen molar-refractivity contribution in [3.63, 3.8) is 0 Å². The first-order valence-corrected chi connectivity index (χ1v) is 12.4. The van der Waals surface area contributed by atoms with Gasteiger partial charge in [0.15, 0.2) is 0 Å². The lowest BCUT2D eigenvalue weighted by Gasteiger charge is -2.37. The summed E-state index contributed by atoms with van der Waals surface area (Å²) in [5.41, 5.74) is 7.26. The van der Waals surface area contributed by atoms with Gasteiger partial charge in [0, 0.05) is 30.2 Å². The lowest BCUT2D eigenvalue weighted by Crippen LogP contribution is -2.34. The molecule has 0 bridgehead atoms. The fraction of sp³-hybridized carbons (Fsp3) is 0.308. The van der Waals surface area contributed by atoms with Gasteiger partial charge in [0.05, 0.1) is 8.15 Å². The number of rotatable bonds is 5. The second-order valence-electron chi connectivity index (χ2n) is 8.42. The third-order valence-electron chi connectivity index (χ3n) is 6.35. The molecule has 0 saturated carbocycles.